The highest BCUT2D eigenvalue weighted by atomic mass is 16.6. The second-order valence-electron chi connectivity index (χ2n) is 4.95. The summed E-state index contributed by atoms with van der Waals surface area (Å²) in [5, 5.41) is 13.5. The molecule has 2 aromatic carbocycles. The Morgan fingerprint density at radius 1 is 1.18 bits per heavy atom. The molecule has 0 aromatic heterocycles. The van der Waals surface area contributed by atoms with Crippen molar-refractivity contribution in [1.29, 1.82) is 0 Å². The van der Waals surface area contributed by atoms with Gasteiger partial charge in [-0.3, -0.25) is 14.9 Å². The summed E-state index contributed by atoms with van der Waals surface area (Å²) in [6.07, 6.45) is 1.77. The summed E-state index contributed by atoms with van der Waals surface area (Å²) in [4.78, 5) is 22.5. The van der Waals surface area contributed by atoms with Crippen LogP contribution in [0.4, 0.5) is 11.4 Å². The largest absolute Gasteiger partial charge is 0.322 e. The van der Waals surface area contributed by atoms with Crippen LogP contribution in [0.3, 0.4) is 0 Å². The Kier molecular flexibility index (Phi) is 4.68. The van der Waals surface area contributed by atoms with Gasteiger partial charge in [0.2, 0.25) is 0 Å². The number of aryl methyl sites for hydroxylation is 1. The van der Waals surface area contributed by atoms with E-state index in [-0.39, 0.29) is 11.6 Å². The summed E-state index contributed by atoms with van der Waals surface area (Å²) in [7, 11) is 0. The third-order valence-corrected chi connectivity index (χ3v) is 3.22. The topological polar surface area (TPSA) is 72.2 Å². The SMILES string of the molecule is C/C(=C\c1ccccc1)C(=O)Nc1cc([N+](=O)[O-])ccc1C. The molecule has 112 valence electrons. The molecule has 0 aliphatic rings. The molecule has 2 rings (SSSR count). The Morgan fingerprint density at radius 3 is 2.50 bits per heavy atom. The van der Waals surface area contributed by atoms with E-state index in [2.05, 4.69) is 5.32 Å². The molecule has 22 heavy (non-hydrogen) atoms. The van der Waals surface area contributed by atoms with Crippen LogP contribution in [0.15, 0.2) is 54.1 Å². The van der Waals surface area contributed by atoms with E-state index in [9.17, 15) is 14.9 Å². The van der Waals surface area contributed by atoms with E-state index in [1.165, 1.54) is 12.1 Å². The van der Waals surface area contributed by atoms with Gasteiger partial charge in [0.25, 0.3) is 11.6 Å². The maximum absolute atomic E-state index is 12.2. The van der Waals surface area contributed by atoms with E-state index in [0.29, 0.717) is 11.3 Å². The number of non-ortho nitro benzene ring substituents is 1. The summed E-state index contributed by atoms with van der Waals surface area (Å²) in [6.45, 7) is 3.49. The molecule has 0 fully saturated rings. The summed E-state index contributed by atoms with van der Waals surface area (Å²) in [5.74, 6) is -0.285. The van der Waals surface area contributed by atoms with E-state index >= 15 is 0 Å². The van der Waals surface area contributed by atoms with Gasteiger partial charge in [-0.05, 0) is 31.1 Å². The lowest BCUT2D eigenvalue weighted by Gasteiger charge is -2.08. The monoisotopic (exact) mass is 296 g/mol. The zero-order valence-electron chi connectivity index (χ0n) is 12.4. The minimum atomic E-state index is -0.484. The number of carbonyl (C=O) groups is 1. The van der Waals surface area contributed by atoms with Crippen molar-refractivity contribution in [3.63, 3.8) is 0 Å². The third-order valence-electron chi connectivity index (χ3n) is 3.22. The average Bonchev–Trinajstić information content (AvgIpc) is 2.50. The van der Waals surface area contributed by atoms with Crippen molar-refractivity contribution >= 4 is 23.4 Å². The molecule has 0 bridgehead atoms. The molecular formula is C17H16N2O3. The Labute approximate surface area is 128 Å². The molecule has 1 N–H and O–H groups in total. The van der Waals surface area contributed by atoms with Gasteiger partial charge in [0.1, 0.15) is 0 Å². The molecule has 0 aliphatic heterocycles. The van der Waals surface area contributed by atoms with Crippen LogP contribution in [-0.4, -0.2) is 10.8 Å². The summed E-state index contributed by atoms with van der Waals surface area (Å²) in [5.41, 5.74) is 2.61. The molecular weight excluding hydrogens is 280 g/mol. The normalized spacial score (nSPS) is 11.1. The van der Waals surface area contributed by atoms with Crippen molar-refractivity contribution in [2.45, 2.75) is 13.8 Å². The van der Waals surface area contributed by atoms with Crippen molar-refractivity contribution in [3.8, 4) is 0 Å². The van der Waals surface area contributed by atoms with Crippen LogP contribution in [0.5, 0.6) is 0 Å². The maximum atomic E-state index is 12.2. The average molecular weight is 296 g/mol. The van der Waals surface area contributed by atoms with Gasteiger partial charge in [-0.1, -0.05) is 36.4 Å². The first-order valence-electron chi connectivity index (χ1n) is 6.77. The van der Waals surface area contributed by atoms with E-state index in [4.69, 9.17) is 0 Å². The molecule has 0 saturated heterocycles. The molecule has 0 unspecified atom stereocenters. The number of nitro benzene ring substituents is 1. The van der Waals surface area contributed by atoms with E-state index in [1.54, 1.807) is 26.0 Å². The molecule has 5 heteroatoms. The number of nitrogens with zero attached hydrogens (tertiary/aromatic N) is 1. The number of anilines is 1. The molecule has 0 spiro atoms. The van der Waals surface area contributed by atoms with Crippen molar-refractivity contribution in [1.82, 2.24) is 0 Å². The first-order chi connectivity index (χ1) is 10.5. The minimum absolute atomic E-state index is 0.0504. The lowest BCUT2D eigenvalue weighted by molar-refractivity contribution is -0.384. The number of nitrogens with one attached hydrogen (secondary N) is 1. The second kappa shape index (κ2) is 6.67. The van der Waals surface area contributed by atoms with Crippen molar-refractivity contribution in [3.05, 3.63) is 75.3 Å². The quantitative estimate of drug-likeness (QED) is 0.527. The predicted molar refractivity (Wildman–Crippen MR) is 86.6 cm³/mol. The van der Waals surface area contributed by atoms with Crippen molar-refractivity contribution < 1.29 is 9.72 Å². The Balaban J connectivity index is 2.20. The summed E-state index contributed by atoms with van der Waals surface area (Å²) in [6, 6.07) is 13.9. The van der Waals surface area contributed by atoms with E-state index < -0.39 is 4.92 Å². The van der Waals surface area contributed by atoms with Crippen LogP contribution < -0.4 is 5.32 Å². The van der Waals surface area contributed by atoms with Gasteiger partial charge in [0.05, 0.1) is 10.6 Å². The minimum Gasteiger partial charge on any atom is -0.322 e. The Bertz CT molecular complexity index is 737. The van der Waals surface area contributed by atoms with Crippen LogP contribution >= 0.6 is 0 Å². The first kappa shape index (κ1) is 15.4. The highest BCUT2D eigenvalue weighted by Crippen LogP contribution is 2.22. The van der Waals surface area contributed by atoms with Crippen LogP contribution in [-0.2, 0) is 4.79 Å². The Hall–Kier alpha value is -2.95. The lowest BCUT2D eigenvalue weighted by atomic mass is 10.1. The van der Waals surface area contributed by atoms with Gasteiger partial charge in [-0.25, -0.2) is 0 Å². The highest BCUT2D eigenvalue weighted by molar-refractivity contribution is 6.06. The fourth-order valence-corrected chi connectivity index (χ4v) is 1.94. The smallest absolute Gasteiger partial charge is 0.271 e. The van der Waals surface area contributed by atoms with Gasteiger partial charge in [0.15, 0.2) is 0 Å². The maximum Gasteiger partial charge on any atom is 0.271 e. The number of hydrogen-bond donors (Lipinski definition) is 1. The fraction of sp³-hybridized carbons (Fsp3) is 0.118. The molecule has 1 amide bonds. The first-order valence-corrected chi connectivity index (χ1v) is 6.77. The number of amides is 1. The second-order valence-corrected chi connectivity index (χ2v) is 4.95. The van der Waals surface area contributed by atoms with E-state index in [0.717, 1.165) is 11.1 Å². The zero-order valence-corrected chi connectivity index (χ0v) is 12.4. The number of benzene rings is 2. The van der Waals surface area contributed by atoms with Gasteiger partial charge in [0, 0.05) is 17.7 Å². The Morgan fingerprint density at radius 2 is 1.86 bits per heavy atom. The molecule has 0 aliphatic carbocycles. The third kappa shape index (κ3) is 3.79. The zero-order chi connectivity index (χ0) is 16.1. The van der Waals surface area contributed by atoms with Crippen LogP contribution in [0.2, 0.25) is 0 Å². The van der Waals surface area contributed by atoms with Gasteiger partial charge in [-0.15, -0.1) is 0 Å². The van der Waals surface area contributed by atoms with Crippen LogP contribution in [0.25, 0.3) is 6.08 Å². The number of nitro groups is 1. The van der Waals surface area contributed by atoms with Crippen LogP contribution in [0, 0.1) is 17.0 Å². The summed E-state index contributed by atoms with van der Waals surface area (Å²) < 4.78 is 0. The van der Waals surface area contributed by atoms with Crippen LogP contribution in [0.1, 0.15) is 18.1 Å². The molecule has 0 saturated carbocycles. The van der Waals surface area contributed by atoms with Gasteiger partial charge >= 0.3 is 0 Å². The number of rotatable bonds is 4. The molecule has 0 heterocycles. The number of carbonyl (C=O) groups excluding carboxylic acids is 1. The van der Waals surface area contributed by atoms with Crippen molar-refractivity contribution in [2.24, 2.45) is 0 Å². The standard InChI is InChI=1S/C17H16N2O3/c1-12-8-9-15(19(21)22)11-16(12)18-17(20)13(2)10-14-6-4-3-5-7-14/h3-11H,1-2H3,(H,18,20)/b13-10+. The fourth-order valence-electron chi connectivity index (χ4n) is 1.94. The van der Waals surface area contributed by atoms with Crippen molar-refractivity contribution in [2.75, 3.05) is 5.32 Å². The summed E-state index contributed by atoms with van der Waals surface area (Å²) >= 11 is 0. The molecule has 5 nitrogen and oxygen atoms in total. The predicted octanol–water partition coefficient (Wildman–Crippen LogP) is 3.95. The van der Waals surface area contributed by atoms with Gasteiger partial charge < -0.3 is 5.32 Å². The molecule has 0 radical (unpaired) electrons. The lowest BCUT2D eigenvalue weighted by Crippen LogP contribution is -2.13. The number of hydrogen-bond acceptors (Lipinski definition) is 3. The molecule has 0 atom stereocenters. The highest BCUT2D eigenvalue weighted by Gasteiger charge is 2.12. The molecule has 2 aromatic rings. The van der Waals surface area contributed by atoms with E-state index in [1.807, 2.05) is 30.3 Å². The van der Waals surface area contributed by atoms with Gasteiger partial charge in [-0.2, -0.15) is 0 Å².